The SMILES string of the molecule is CC(C)(C)CC(O)Cc1ccc([N+](=O)[O-])cc1. The lowest BCUT2D eigenvalue weighted by Gasteiger charge is -2.22. The van der Waals surface area contributed by atoms with Gasteiger partial charge in [0.1, 0.15) is 0 Å². The zero-order valence-electron chi connectivity index (χ0n) is 10.5. The Morgan fingerprint density at radius 2 is 1.82 bits per heavy atom. The Bertz CT molecular complexity index is 379. The first-order chi connectivity index (χ1) is 7.78. The molecule has 0 aliphatic heterocycles. The number of nitro benzene ring substituents is 1. The van der Waals surface area contributed by atoms with Gasteiger partial charge in [-0.05, 0) is 23.8 Å². The van der Waals surface area contributed by atoms with E-state index in [0.29, 0.717) is 12.8 Å². The molecule has 94 valence electrons. The van der Waals surface area contributed by atoms with Gasteiger partial charge in [-0.15, -0.1) is 0 Å². The van der Waals surface area contributed by atoms with Crippen molar-refractivity contribution in [2.75, 3.05) is 0 Å². The molecule has 0 saturated carbocycles. The average molecular weight is 237 g/mol. The van der Waals surface area contributed by atoms with E-state index >= 15 is 0 Å². The fourth-order valence-electron chi connectivity index (χ4n) is 1.80. The third-order valence-electron chi connectivity index (χ3n) is 2.47. The molecule has 4 heteroatoms. The van der Waals surface area contributed by atoms with Crippen LogP contribution in [0.15, 0.2) is 24.3 Å². The maximum Gasteiger partial charge on any atom is 0.269 e. The quantitative estimate of drug-likeness (QED) is 0.646. The maximum absolute atomic E-state index is 10.5. The highest BCUT2D eigenvalue weighted by molar-refractivity contribution is 5.33. The van der Waals surface area contributed by atoms with E-state index in [9.17, 15) is 15.2 Å². The molecule has 0 aliphatic carbocycles. The molecule has 17 heavy (non-hydrogen) atoms. The van der Waals surface area contributed by atoms with Gasteiger partial charge in [-0.2, -0.15) is 0 Å². The van der Waals surface area contributed by atoms with Crippen LogP contribution in [0.4, 0.5) is 5.69 Å². The van der Waals surface area contributed by atoms with Crippen LogP contribution in [-0.4, -0.2) is 16.1 Å². The van der Waals surface area contributed by atoms with Crippen LogP contribution in [0.2, 0.25) is 0 Å². The lowest BCUT2D eigenvalue weighted by atomic mass is 9.87. The zero-order valence-corrected chi connectivity index (χ0v) is 10.5. The summed E-state index contributed by atoms with van der Waals surface area (Å²) >= 11 is 0. The van der Waals surface area contributed by atoms with Gasteiger partial charge >= 0.3 is 0 Å². The van der Waals surface area contributed by atoms with Gasteiger partial charge in [0.15, 0.2) is 0 Å². The number of nitrogens with zero attached hydrogens (tertiary/aromatic N) is 1. The molecule has 1 unspecified atom stereocenters. The van der Waals surface area contributed by atoms with E-state index in [4.69, 9.17) is 0 Å². The van der Waals surface area contributed by atoms with Crippen molar-refractivity contribution < 1.29 is 10.0 Å². The van der Waals surface area contributed by atoms with Crippen molar-refractivity contribution in [3.05, 3.63) is 39.9 Å². The summed E-state index contributed by atoms with van der Waals surface area (Å²) in [6.45, 7) is 6.23. The first kappa shape index (κ1) is 13.6. The minimum Gasteiger partial charge on any atom is -0.393 e. The minimum absolute atomic E-state index is 0.0825. The predicted octanol–water partition coefficient (Wildman–Crippen LogP) is 2.93. The lowest BCUT2D eigenvalue weighted by Crippen LogP contribution is -2.19. The summed E-state index contributed by atoms with van der Waals surface area (Å²) in [5.41, 5.74) is 1.09. The largest absolute Gasteiger partial charge is 0.393 e. The molecular formula is C13H19NO3. The third kappa shape index (κ3) is 4.95. The van der Waals surface area contributed by atoms with Gasteiger partial charge in [0.05, 0.1) is 11.0 Å². The molecule has 0 amide bonds. The van der Waals surface area contributed by atoms with Crippen LogP contribution in [0.3, 0.4) is 0 Å². The standard InChI is InChI=1S/C13H19NO3/c1-13(2,3)9-12(15)8-10-4-6-11(7-5-10)14(16)17/h4-7,12,15H,8-9H2,1-3H3. The normalized spacial score (nSPS) is 13.4. The number of nitro groups is 1. The number of aliphatic hydroxyl groups excluding tert-OH is 1. The smallest absolute Gasteiger partial charge is 0.269 e. The van der Waals surface area contributed by atoms with Gasteiger partial charge in [0, 0.05) is 12.1 Å². The first-order valence-corrected chi connectivity index (χ1v) is 5.69. The number of benzene rings is 1. The Morgan fingerprint density at radius 3 is 2.24 bits per heavy atom. The van der Waals surface area contributed by atoms with E-state index in [2.05, 4.69) is 20.8 Å². The average Bonchev–Trinajstić information content (AvgIpc) is 2.15. The number of hydrogen-bond donors (Lipinski definition) is 1. The summed E-state index contributed by atoms with van der Waals surface area (Å²) in [6, 6.07) is 6.34. The molecule has 0 saturated heterocycles. The Hall–Kier alpha value is -1.42. The van der Waals surface area contributed by atoms with Gasteiger partial charge < -0.3 is 5.11 Å². The number of non-ortho nitro benzene ring substituents is 1. The summed E-state index contributed by atoms with van der Waals surface area (Å²) in [4.78, 5) is 10.1. The summed E-state index contributed by atoms with van der Waals surface area (Å²) in [7, 11) is 0. The van der Waals surface area contributed by atoms with Crippen molar-refractivity contribution in [2.24, 2.45) is 5.41 Å². The van der Waals surface area contributed by atoms with E-state index in [1.165, 1.54) is 12.1 Å². The van der Waals surface area contributed by atoms with Crippen molar-refractivity contribution in [1.29, 1.82) is 0 Å². The van der Waals surface area contributed by atoms with E-state index in [1.54, 1.807) is 12.1 Å². The summed E-state index contributed by atoms with van der Waals surface area (Å²) < 4.78 is 0. The summed E-state index contributed by atoms with van der Waals surface area (Å²) in [6.07, 6.45) is 0.843. The zero-order chi connectivity index (χ0) is 13.1. The van der Waals surface area contributed by atoms with Crippen LogP contribution in [0.25, 0.3) is 0 Å². The van der Waals surface area contributed by atoms with Crippen LogP contribution in [0.5, 0.6) is 0 Å². The fraction of sp³-hybridized carbons (Fsp3) is 0.538. The lowest BCUT2D eigenvalue weighted by molar-refractivity contribution is -0.384. The molecule has 1 aromatic carbocycles. The molecule has 1 N–H and O–H groups in total. The van der Waals surface area contributed by atoms with E-state index in [1.807, 2.05) is 0 Å². The van der Waals surface area contributed by atoms with Gasteiger partial charge in [-0.25, -0.2) is 0 Å². The molecule has 0 aliphatic rings. The van der Waals surface area contributed by atoms with Gasteiger partial charge in [0.2, 0.25) is 0 Å². The highest BCUT2D eigenvalue weighted by atomic mass is 16.6. The first-order valence-electron chi connectivity index (χ1n) is 5.69. The second-order valence-electron chi connectivity index (χ2n) is 5.55. The van der Waals surface area contributed by atoms with Gasteiger partial charge in [-0.3, -0.25) is 10.1 Å². The monoisotopic (exact) mass is 237 g/mol. The van der Waals surface area contributed by atoms with Crippen LogP contribution >= 0.6 is 0 Å². The van der Waals surface area contributed by atoms with Crippen molar-refractivity contribution >= 4 is 5.69 Å². The number of hydrogen-bond acceptors (Lipinski definition) is 3. The number of rotatable bonds is 4. The van der Waals surface area contributed by atoms with Crippen LogP contribution in [0, 0.1) is 15.5 Å². The molecule has 0 aromatic heterocycles. The van der Waals surface area contributed by atoms with Gasteiger partial charge in [0.25, 0.3) is 5.69 Å². The minimum atomic E-state index is -0.421. The second-order valence-corrected chi connectivity index (χ2v) is 5.55. The Kier molecular flexibility index (Phi) is 4.23. The molecule has 0 radical (unpaired) electrons. The predicted molar refractivity (Wildman–Crippen MR) is 66.9 cm³/mol. The molecule has 1 aromatic rings. The molecular weight excluding hydrogens is 218 g/mol. The molecule has 1 atom stereocenters. The molecule has 0 fully saturated rings. The van der Waals surface area contributed by atoms with Crippen molar-refractivity contribution in [3.63, 3.8) is 0 Å². The Labute approximate surface area is 101 Å². The van der Waals surface area contributed by atoms with Crippen LogP contribution in [0.1, 0.15) is 32.8 Å². The molecule has 4 nitrogen and oxygen atoms in total. The highest BCUT2D eigenvalue weighted by Gasteiger charge is 2.17. The second kappa shape index (κ2) is 5.27. The van der Waals surface area contributed by atoms with Crippen molar-refractivity contribution in [3.8, 4) is 0 Å². The van der Waals surface area contributed by atoms with Gasteiger partial charge in [-0.1, -0.05) is 32.9 Å². The topological polar surface area (TPSA) is 63.4 Å². The Balaban J connectivity index is 2.60. The van der Waals surface area contributed by atoms with E-state index in [-0.39, 0.29) is 11.1 Å². The van der Waals surface area contributed by atoms with E-state index < -0.39 is 11.0 Å². The fourth-order valence-corrected chi connectivity index (χ4v) is 1.80. The molecule has 0 heterocycles. The van der Waals surface area contributed by atoms with Crippen LogP contribution < -0.4 is 0 Å². The van der Waals surface area contributed by atoms with Crippen molar-refractivity contribution in [1.82, 2.24) is 0 Å². The van der Waals surface area contributed by atoms with Crippen molar-refractivity contribution in [2.45, 2.75) is 39.7 Å². The molecule has 0 spiro atoms. The molecule has 1 rings (SSSR count). The number of aliphatic hydroxyl groups is 1. The highest BCUT2D eigenvalue weighted by Crippen LogP contribution is 2.23. The Morgan fingerprint density at radius 1 is 1.29 bits per heavy atom. The van der Waals surface area contributed by atoms with Crippen LogP contribution in [-0.2, 0) is 6.42 Å². The summed E-state index contributed by atoms with van der Waals surface area (Å²) in [5, 5.41) is 20.4. The van der Waals surface area contributed by atoms with E-state index in [0.717, 1.165) is 5.56 Å². The molecule has 0 bridgehead atoms. The summed E-state index contributed by atoms with van der Waals surface area (Å²) in [5.74, 6) is 0. The third-order valence-corrected chi connectivity index (χ3v) is 2.47. The maximum atomic E-state index is 10.5.